The summed E-state index contributed by atoms with van der Waals surface area (Å²) in [5.74, 6) is 1.84. The van der Waals surface area contributed by atoms with Gasteiger partial charge in [0.1, 0.15) is 5.75 Å². The van der Waals surface area contributed by atoms with E-state index in [1.54, 1.807) is 12.1 Å². The predicted octanol–water partition coefficient (Wildman–Crippen LogP) is 4.11. The molecule has 21 heavy (non-hydrogen) atoms. The molecule has 1 aromatic heterocycles. The van der Waals surface area contributed by atoms with Crippen molar-refractivity contribution in [1.82, 2.24) is 9.78 Å². The van der Waals surface area contributed by atoms with Gasteiger partial charge in [-0.1, -0.05) is 12.8 Å². The van der Waals surface area contributed by atoms with Crippen molar-refractivity contribution in [2.75, 3.05) is 0 Å². The number of aromatic nitrogens is 2. The smallest absolute Gasteiger partial charge is 0.115 e. The molecule has 2 aromatic rings. The number of hydrogen-bond donors (Lipinski definition) is 1. The molecule has 0 spiro atoms. The number of nitrogens with zero attached hydrogens (tertiary/aromatic N) is 2. The first-order valence-electron chi connectivity index (χ1n) is 8.12. The lowest BCUT2D eigenvalue weighted by molar-refractivity contribution is 0.268. The topological polar surface area (TPSA) is 38.0 Å². The van der Waals surface area contributed by atoms with Crippen molar-refractivity contribution in [3.63, 3.8) is 0 Å². The van der Waals surface area contributed by atoms with Gasteiger partial charge in [0.2, 0.25) is 0 Å². The highest BCUT2D eigenvalue weighted by Gasteiger charge is 2.35. The highest BCUT2D eigenvalue weighted by molar-refractivity contribution is 5.42. The number of aryl methyl sites for hydroxylation is 1. The van der Waals surface area contributed by atoms with Crippen molar-refractivity contribution in [3.05, 3.63) is 41.2 Å². The number of phenols is 1. The van der Waals surface area contributed by atoms with E-state index in [1.807, 2.05) is 12.1 Å². The largest absolute Gasteiger partial charge is 0.508 e. The Hall–Kier alpha value is -1.77. The molecule has 110 valence electrons. The number of phenolic OH excluding ortho intramolecular Hbond substituents is 1. The lowest BCUT2D eigenvalue weighted by Crippen LogP contribution is -2.25. The molecule has 3 heteroatoms. The Balaban J connectivity index is 1.84. The Morgan fingerprint density at radius 3 is 2.67 bits per heavy atom. The number of benzene rings is 1. The van der Waals surface area contributed by atoms with Crippen molar-refractivity contribution in [1.29, 1.82) is 0 Å². The van der Waals surface area contributed by atoms with Gasteiger partial charge in [-0.15, -0.1) is 0 Å². The molecule has 1 aromatic carbocycles. The first-order valence-corrected chi connectivity index (χ1v) is 8.12. The van der Waals surface area contributed by atoms with Crippen LogP contribution in [0.4, 0.5) is 0 Å². The normalized spacial score (nSPS) is 24.4. The van der Waals surface area contributed by atoms with Gasteiger partial charge in [-0.2, -0.15) is 5.10 Å². The summed E-state index contributed by atoms with van der Waals surface area (Å²) >= 11 is 0. The van der Waals surface area contributed by atoms with E-state index in [9.17, 15) is 5.11 Å². The van der Waals surface area contributed by atoms with E-state index in [4.69, 9.17) is 5.10 Å². The van der Waals surface area contributed by atoms with E-state index >= 15 is 0 Å². The molecule has 0 radical (unpaired) electrons. The average molecular weight is 282 g/mol. The van der Waals surface area contributed by atoms with Crippen LogP contribution < -0.4 is 0 Å². The van der Waals surface area contributed by atoms with E-state index < -0.39 is 0 Å². The lowest BCUT2D eigenvalue weighted by Gasteiger charge is -2.36. The van der Waals surface area contributed by atoms with Crippen molar-refractivity contribution in [3.8, 4) is 11.4 Å². The second-order valence-electron chi connectivity index (χ2n) is 6.57. The molecular formula is C18H22N2O. The molecule has 3 nitrogen and oxygen atoms in total. The van der Waals surface area contributed by atoms with E-state index in [-0.39, 0.29) is 0 Å². The van der Waals surface area contributed by atoms with Crippen LogP contribution in [0.2, 0.25) is 0 Å². The Bertz CT molecular complexity index is 657. The number of fused-ring (bicyclic) bond motifs is 3. The highest BCUT2D eigenvalue weighted by atomic mass is 16.3. The summed E-state index contributed by atoms with van der Waals surface area (Å²) in [4.78, 5) is 0. The molecule has 1 fully saturated rings. The zero-order chi connectivity index (χ0) is 14.4. The summed E-state index contributed by atoms with van der Waals surface area (Å²) < 4.78 is 2.15. The fourth-order valence-corrected chi connectivity index (χ4v) is 4.30. The van der Waals surface area contributed by atoms with Crippen LogP contribution in [0.25, 0.3) is 5.69 Å². The molecule has 2 aliphatic rings. The predicted molar refractivity (Wildman–Crippen MR) is 83.0 cm³/mol. The molecular weight excluding hydrogens is 260 g/mol. The molecule has 0 saturated heterocycles. The van der Waals surface area contributed by atoms with Gasteiger partial charge in [0.25, 0.3) is 0 Å². The standard InChI is InChI=1S/C18H22N2O/c1-12-16-11-6-13-4-2-3-5-17(13)18(16)20(19-12)14-7-9-15(21)10-8-14/h7-10,13,17,21H,2-6,11H2,1H3/t13-,17?/m0/s1. The van der Waals surface area contributed by atoms with Gasteiger partial charge in [0, 0.05) is 5.92 Å². The Morgan fingerprint density at radius 1 is 1.10 bits per heavy atom. The van der Waals surface area contributed by atoms with Crippen LogP contribution in [-0.4, -0.2) is 14.9 Å². The number of aromatic hydroxyl groups is 1. The fraction of sp³-hybridized carbons (Fsp3) is 0.500. The maximum atomic E-state index is 9.50. The van der Waals surface area contributed by atoms with Crippen LogP contribution in [0.15, 0.2) is 24.3 Å². The van der Waals surface area contributed by atoms with Crippen molar-refractivity contribution in [2.45, 2.75) is 51.4 Å². The molecule has 2 atom stereocenters. The first kappa shape index (κ1) is 12.9. The van der Waals surface area contributed by atoms with Crippen LogP contribution in [0.5, 0.6) is 5.75 Å². The second-order valence-corrected chi connectivity index (χ2v) is 6.57. The van der Waals surface area contributed by atoms with Gasteiger partial charge in [0.05, 0.1) is 17.1 Å². The Kier molecular flexibility index (Phi) is 3.02. The zero-order valence-electron chi connectivity index (χ0n) is 12.5. The van der Waals surface area contributed by atoms with Gasteiger partial charge in [-0.3, -0.25) is 0 Å². The molecule has 2 aliphatic carbocycles. The van der Waals surface area contributed by atoms with Crippen LogP contribution >= 0.6 is 0 Å². The van der Waals surface area contributed by atoms with Crippen LogP contribution in [0, 0.1) is 12.8 Å². The maximum Gasteiger partial charge on any atom is 0.115 e. The molecule has 1 N–H and O–H groups in total. The third-order valence-electron chi connectivity index (χ3n) is 5.34. The summed E-state index contributed by atoms with van der Waals surface area (Å²) in [7, 11) is 0. The third kappa shape index (κ3) is 2.06. The molecule has 1 heterocycles. The van der Waals surface area contributed by atoms with Crippen LogP contribution in [0.3, 0.4) is 0 Å². The summed E-state index contributed by atoms with van der Waals surface area (Å²) in [6.45, 7) is 2.14. The minimum atomic E-state index is 0.312. The molecule has 0 bridgehead atoms. The first-order chi connectivity index (χ1) is 10.2. The van der Waals surface area contributed by atoms with E-state index in [0.717, 1.165) is 11.6 Å². The average Bonchev–Trinajstić information content (AvgIpc) is 2.86. The van der Waals surface area contributed by atoms with E-state index in [1.165, 1.54) is 55.5 Å². The summed E-state index contributed by atoms with van der Waals surface area (Å²) in [5, 5.41) is 14.3. The summed E-state index contributed by atoms with van der Waals surface area (Å²) in [6, 6.07) is 7.43. The zero-order valence-corrected chi connectivity index (χ0v) is 12.5. The van der Waals surface area contributed by atoms with Crippen molar-refractivity contribution < 1.29 is 5.11 Å². The molecule has 1 saturated carbocycles. The molecule has 4 rings (SSSR count). The summed E-state index contributed by atoms with van der Waals surface area (Å²) in [6.07, 6.45) is 7.94. The maximum absolute atomic E-state index is 9.50. The highest BCUT2D eigenvalue weighted by Crippen LogP contribution is 2.46. The Morgan fingerprint density at radius 2 is 1.86 bits per heavy atom. The van der Waals surface area contributed by atoms with Gasteiger partial charge in [-0.05, 0) is 68.4 Å². The van der Waals surface area contributed by atoms with Gasteiger partial charge in [-0.25, -0.2) is 4.68 Å². The third-order valence-corrected chi connectivity index (χ3v) is 5.34. The monoisotopic (exact) mass is 282 g/mol. The Labute approximate surface area is 125 Å². The number of hydrogen-bond acceptors (Lipinski definition) is 2. The number of rotatable bonds is 1. The summed E-state index contributed by atoms with van der Waals surface area (Å²) in [5.41, 5.74) is 5.19. The fourth-order valence-electron chi connectivity index (χ4n) is 4.30. The minimum absolute atomic E-state index is 0.312. The molecule has 0 aliphatic heterocycles. The van der Waals surface area contributed by atoms with E-state index in [2.05, 4.69) is 11.6 Å². The van der Waals surface area contributed by atoms with Gasteiger partial charge in [0.15, 0.2) is 0 Å². The molecule has 0 amide bonds. The van der Waals surface area contributed by atoms with E-state index in [0.29, 0.717) is 11.7 Å². The van der Waals surface area contributed by atoms with Crippen LogP contribution in [-0.2, 0) is 6.42 Å². The van der Waals surface area contributed by atoms with Gasteiger partial charge >= 0.3 is 0 Å². The molecule has 1 unspecified atom stereocenters. The quantitative estimate of drug-likeness (QED) is 0.855. The minimum Gasteiger partial charge on any atom is -0.508 e. The lowest BCUT2D eigenvalue weighted by atomic mass is 9.70. The van der Waals surface area contributed by atoms with Crippen molar-refractivity contribution in [2.24, 2.45) is 5.92 Å². The van der Waals surface area contributed by atoms with Crippen molar-refractivity contribution >= 4 is 0 Å². The van der Waals surface area contributed by atoms with Gasteiger partial charge < -0.3 is 5.11 Å². The second kappa shape index (κ2) is 4.90. The van der Waals surface area contributed by atoms with Crippen LogP contribution in [0.1, 0.15) is 55.0 Å². The SMILES string of the molecule is Cc1nn(-c2ccc(O)cc2)c2c1CC[C@@H]1CCCCC21.